The number of hydrogen-bond donors (Lipinski definition) is 8. The lowest BCUT2D eigenvalue weighted by atomic mass is 10.2. The second-order valence-corrected chi connectivity index (χ2v) is 20.4. The molecule has 29 nitrogen and oxygen atoms in total. The Kier molecular flexibility index (Phi) is 13.3. The maximum absolute atomic E-state index is 14.3. The van der Waals surface area contributed by atoms with Gasteiger partial charge in [-0.3, -0.25) is 0 Å². The molecule has 2 saturated carbocycles. The first-order valence-corrected chi connectivity index (χ1v) is 25.9. The van der Waals surface area contributed by atoms with Crippen molar-refractivity contribution in [2.75, 3.05) is 60.5 Å². The van der Waals surface area contributed by atoms with Crippen LogP contribution in [0.5, 0.6) is 0 Å². The van der Waals surface area contributed by atoms with Crippen LogP contribution < -0.4 is 21.3 Å². The molecule has 2 aliphatic heterocycles. The van der Waals surface area contributed by atoms with E-state index in [-0.39, 0.29) is 49.8 Å². The highest BCUT2D eigenvalue weighted by atomic mass is 16.3. The molecule has 8 aromatic heterocycles. The number of urea groups is 1. The molecular weight excluding hydrogens is 981 g/mol. The zero-order valence-electron chi connectivity index (χ0n) is 42.2. The molecule has 76 heavy (non-hydrogen) atoms. The number of nitrogens with zero attached hydrogens (tertiary/aromatic N) is 20. The van der Waals surface area contributed by atoms with E-state index in [1.54, 1.807) is 34.5 Å². The molecule has 0 spiro atoms. The number of amides is 2. The fourth-order valence-electron chi connectivity index (χ4n) is 11.2. The molecule has 400 valence electrons. The molecule has 4 fully saturated rings. The Morgan fingerprint density at radius 2 is 1.13 bits per heavy atom. The van der Waals surface area contributed by atoms with Gasteiger partial charge in [-0.05, 0) is 38.5 Å². The third-order valence-corrected chi connectivity index (χ3v) is 15.1. The van der Waals surface area contributed by atoms with Crippen LogP contribution in [0.15, 0.2) is 50.1 Å². The Balaban J connectivity index is 0.729. The molecule has 12 rings (SSSR count). The average Bonchev–Trinajstić information content (AvgIpc) is 4.33. The first kappa shape index (κ1) is 49.0. The molecule has 2 amide bonds. The maximum Gasteiger partial charge on any atom is 0.320 e. The Morgan fingerprint density at radius 1 is 0.605 bits per heavy atom. The van der Waals surface area contributed by atoms with Crippen molar-refractivity contribution in [1.82, 2.24) is 97.9 Å². The molecule has 0 radical (unpaired) electrons. The van der Waals surface area contributed by atoms with Gasteiger partial charge in [-0.15, -0.1) is 0 Å². The highest BCUT2D eigenvalue weighted by Gasteiger charge is 2.45. The van der Waals surface area contributed by atoms with E-state index in [1.807, 2.05) is 51.8 Å². The number of aliphatic hydroxyl groups is 4. The van der Waals surface area contributed by atoms with E-state index in [1.165, 1.54) is 11.0 Å². The SMILES string of the molecule is Cn1cnc(CCNc2nc(N[C@@H]3CCN(C(=O)N4CC[C@@H](Nc5nc(NCCc6cn(C)cn6)nc6c5ncn6[C@@H]5C[C@H](n6ncc(CO)n6)[C@@H](O)[C@H]5O)C4)C3)c3ncn([C@H]4CC[C@@H](n5ncc(CO)n5)C4)c3n2)c1. The first-order valence-electron chi connectivity index (χ1n) is 25.9. The van der Waals surface area contributed by atoms with Gasteiger partial charge in [-0.2, -0.15) is 49.9 Å². The number of aromatic nitrogens is 18. The molecule has 8 aromatic rings. The fourth-order valence-corrected chi connectivity index (χ4v) is 11.2. The van der Waals surface area contributed by atoms with Crippen LogP contribution in [0, 0.1) is 0 Å². The van der Waals surface area contributed by atoms with Gasteiger partial charge >= 0.3 is 6.03 Å². The van der Waals surface area contributed by atoms with E-state index in [0.717, 1.165) is 30.7 Å². The Morgan fingerprint density at radius 3 is 1.68 bits per heavy atom. The molecule has 8 atom stereocenters. The van der Waals surface area contributed by atoms with Gasteiger partial charge in [0.1, 0.15) is 29.6 Å². The molecule has 0 unspecified atom stereocenters. The zero-order valence-corrected chi connectivity index (χ0v) is 42.2. The summed E-state index contributed by atoms with van der Waals surface area (Å²) in [5.41, 5.74) is 5.05. The Bertz CT molecular complexity index is 3320. The number of imidazole rings is 4. The maximum atomic E-state index is 14.3. The number of nitrogens with one attached hydrogen (secondary N) is 4. The van der Waals surface area contributed by atoms with Gasteiger partial charge in [-0.1, -0.05) is 0 Å². The summed E-state index contributed by atoms with van der Waals surface area (Å²) < 4.78 is 7.70. The van der Waals surface area contributed by atoms with Crippen molar-refractivity contribution >= 4 is 51.9 Å². The minimum absolute atomic E-state index is 0.0498. The van der Waals surface area contributed by atoms with E-state index >= 15 is 0 Å². The van der Waals surface area contributed by atoms with E-state index in [0.29, 0.717) is 122 Å². The standard InChI is InChI=1S/C47H62N24O5/c1-64-17-27(50-23-64)5-9-48-45-58-41(37-43(60-45)68(25-52-37)33-3-4-34(13-33)70-54-15-31(21-72)62-70)56-29-7-11-66(19-29)47(76)67-12-8-30(20-67)57-42-38-44(61-46(59-42)49-10-6-28-18-65(2)24-51-28)69(26-53-38)35-14-36(40(75)39(35)74)71-55-16-32(22-73)63-71/h15-18,23-26,29-30,33-36,39-40,72-75H,3-14,19-22H2,1-2H3,(H2,48,56,58,60)(H2,49,57,59,61)/t29-,30-,33+,34-,35-,36+,39+,40-/m1/s1. The summed E-state index contributed by atoms with van der Waals surface area (Å²) in [4.78, 5) is 59.4. The van der Waals surface area contributed by atoms with Crippen LogP contribution in [-0.4, -0.2) is 188 Å². The number of rotatable bonds is 18. The first-order chi connectivity index (χ1) is 37.0. The van der Waals surface area contributed by atoms with Gasteiger partial charge in [0.05, 0.1) is 74.4 Å². The van der Waals surface area contributed by atoms with Crippen molar-refractivity contribution in [2.45, 2.75) is 113 Å². The molecule has 0 aromatic carbocycles. The van der Waals surface area contributed by atoms with E-state index in [2.05, 4.69) is 56.2 Å². The zero-order chi connectivity index (χ0) is 52.0. The summed E-state index contributed by atoms with van der Waals surface area (Å²) >= 11 is 0. The molecule has 2 aliphatic carbocycles. The summed E-state index contributed by atoms with van der Waals surface area (Å²) in [5, 5.41) is 73.2. The average molecular weight is 1040 g/mol. The van der Waals surface area contributed by atoms with Gasteiger partial charge < -0.3 is 69.8 Å². The van der Waals surface area contributed by atoms with Gasteiger partial charge in [0, 0.05) is 96.7 Å². The predicted molar refractivity (Wildman–Crippen MR) is 273 cm³/mol. The Labute approximate surface area is 434 Å². The molecule has 4 aliphatic rings. The Hall–Kier alpha value is -7.89. The molecule has 0 bridgehead atoms. The van der Waals surface area contributed by atoms with Crippen LogP contribution in [-0.2, 0) is 40.2 Å². The minimum Gasteiger partial charge on any atom is -0.390 e. The summed E-state index contributed by atoms with van der Waals surface area (Å²) in [6.07, 6.45) is 17.1. The number of aryl methyl sites for hydroxylation is 2. The lowest BCUT2D eigenvalue weighted by molar-refractivity contribution is 0.00491. The second-order valence-electron chi connectivity index (χ2n) is 20.4. The summed E-state index contributed by atoms with van der Waals surface area (Å²) in [5.74, 6) is 1.88. The van der Waals surface area contributed by atoms with Crippen molar-refractivity contribution in [3.05, 3.63) is 72.9 Å². The molecular formula is C47H62N24O5. The van der Waals surface area contributed by atoms with Crippen LogP contribution in [0.3, 0.4) is 0 Å². The second kappa shape index (κ2) is 20.7. The normalized spacial score (nSPS) is 23.7. The van der Waals surface area contributed by atoms with Crippen LogP contribution >= 0.6 is 0 Å². The number of hydrogen-bond acceptors (Lipinski definition) is 21. The van der Waals surface area contributed by atoms with Gasteiger partial charge in [0.15, 0.2) is 34.0 Å². The van der Waals surface area contributed by atoms with Crippen LogP contribution in [0.4, 0.5) is 28.3 Å². The summed E-state index contributed by atoms with van der Waals surface area (Å²) in [6.45, 7) is 2.61. The van der Waals surface area contributed by atoms with Crippen molar-refractivity contribution in [2.24, 2.45) is 14.1 Å². The molecule has 8 N–H and O–H groups in total. The number of likely N-dealkylation sites (tertiary alicyclic amines) is 2. The lowest BCUT2D eigenvalue weighted by Gasteiger charge is -2.25. The predicted octanol–water partition coefficient (Wildman–Crippen LogP) is 0.577. The van der Waals surface area contributed by atoms with Crippen molar-refractivity contribution in [1.29, 1.82) is 0 Å². The third kappa shape index (κ3) is 9.80. The number of aliphatic hydroxyl groups excluding tert-OH is 4. The highest BCUT2D eigenvalue weighted by Crippen LogP contribution is 2.41. The van der Waals surface area contributed by atoms with Gasteiger partial charge in [0.2, 0.25) is 11.9 Å². The summed E-state index contributed by atoms with van der Waals surface area (Å²) in [6, 6.07) is -1.40. The number of fused-ring (bicyclic) bond motifs is 2. The smallest absolute Gasteiger partial charge is 0.320 e. The van der Waals surface area contributed by atoms with Crippen LogP contribution in [0.25, 0.3) is 22.3 Å². The van der Waals surface area contributed by atoms with Crippen molar-refractivity contribution in [3.63, 3.8) is 0 Å². The highest BCUT2D eigenvalue weighted by molar-refractivity contribution is 5.86. The largest absolute Gasteiger partial charge is 0.390 e. The lowest BCUT2D eigenvalue weighted by Crippen LogP contribution is -2.42. The monoisotopic (exact) mass is 1040 g/mol. The summed E-state index contributed by atoms with van der Waals surface area (Å²) in [7, 11) is 3.87. The van der Waals surface area contributed by atoms with Gasteiger partial charge in [-0.25, -0.2) is 24.7 Å². The third-order valence-electron chi connectivity index (χ3n) is 15.1. The van der Waals surface area contributed by atoms with Crippen LogP contribution in [0.2, 0.25) is 0 Å². The van der Waals surface area contributed by atoms with E-state index in [9.17, 15) is 25.2 Å². The van der Waals surface area contributed by atoms with E-state index < -0.39 is 24.3 Å². The topological polar surface area (TPSA) is 337 Å². The van der Waals surface area contributed by atoms with Crippen molar-refractivity contribution in [3.8, 4) is 0 Å². The number of anilines is 4. The van der Waals surface area contributed by atoms with E-state index in [4.69, 9.17) is 29.9 Å². The quantitative estimate of drug-likeness (QED) is 0.0583. The molecule has 29 heteroatoms. The minimum atomic E-state index is -1.19. The number of carbonyl (C=O) groups is 1. The van der Waals surface area contributed by atoms with Gasteiger partial charge in [0.25, 0.3) is 0 Å². The number of carbonyl (C=O) groups excluding carboxylic acids is 1. The van der Waals surface area contributed by atoms with Crippen molar-refractivity contribution < 1.29 is 25.2 Å². The fraction of sp³-hybridized carbons (Fsp3) is 0.553. The molecule has 10 heterocycles. The molecule has 2 saturated heterocycles. The van der Waals surface area contributed by atoms with Crippen LogP contribution in [0.1, 0.15) is 85.5 Å².